The van der Waals surface area contributed by atoms with Crippen LogP contribution in [0, 0.1) is 0 Å². The number of carbonyl (C=O) groups excluding carboxylic acids is 1. The summed E-state index contributed by atoms with van der Waals surface area (Å²) in [5.74, 6) is 1.23. The lowest BCUT2D eigenvalue weighted by Gasteiger charge is -2.11. The first kappa shape index (κ1) is 17.1. The SMILES string of the molecule is O=C(Nc1cccc2cc(Oc3ccncc3)ccc12)c1cccc(Cl)c1. The van der Waals surface area contributed by atoms with Crippen molar-refractivity contribution in [2.45, 2.75) is 0 Å². The zero-order valence-electron chi connectivity index (χ0n) is 14.2. The molecule has 132 valence electrons. The van der Waals surface area contributed by atoms with Gasteiger partial charge in [0.25, 0.3) is 5.91 Å². The normalized spacial score (nSPS) is 10.6. The third-order valence-corrected chi connectivity index (χ3v) is 4.31. The minimum Gasteiger partial charge on any atom is -0.457 e. The molecule has 5 heteroatoms. The molecule has 1 aromatic heterocycles. The van der Waals surface area contributed by atoms with Gasteiger partial charge in [-0.15, -0.1) is 0 Å². The number of halogens is 1. The van der Waals surface area contributed by atoms with Crippen LogP contribution in [0.15, 0.2) is 85.2 Å². The number of carbonyl (C=O) groups is 1. The van der Waals surface area contributed by atoms with Gasteiger partial charge in [0.1, 0.15) is 11.5 Å². The second kappa shape index (κ2) is 7.48. The summed E-state index contributed by atoms with van der Waals surface area (Å²) in [5, 5.41) is 5.37. The number of nitrogens with one attached hydrogen (secondary N) is 1. The molecule has 0 fully saturated rings. The molecular weight excluding hydrogens is 360 g/mol. The van der Waals surface area contributed by atoms with Crippen LogP contribution >= 0.6 is 11.6 Å². The summed E-state index contributed by atoms with van der Waals surface area (Å²) >= 11 is 5.97. The number of pyridine rings is 1. The molecule has 0 saturated heterocycles. The van der Waals surface area contributed by atoms with Gasteiger partial charge in [0.2, 0.25) is 0 Å². The Hall–Kier alpha value is -3.37. The third kappa shape index (κ3) is 3.91. The quantitative estimate of drug-likeness (QED) is 0.481. The second-order valence-corrected chi connectivity index (χ2v) is 6.37. The highest BCUT2D eigenvalue weighted by atomic mass is 35.5. The number of rotatable bonds is 4. The fourth-order valence-corrected chi connectivity index (χ4v) is 2.99. The Morgan fingerprint density at radius 1 is 0.889 bits per heavy atom. The Kier molecular flexibility index (Phi) is 4.73. The number of fused-ring (bicyclic) bond motifs is 1. The van der Waals surface area contributed by atoms with E-state index < -0.39 is 0 Å². The molecule has 4 rings (SSSR count). The first-order chi connectivity index (χ1) is 13.2. The Morgan fingerprint density at radius 2 is 1.70 bits per heavy atom. The highest BCUT2D eigenvalue weighted by Crippen LogP contribution is 2.29. The predicted molar refractivity (Wildman–Crippen MR) is 108 cm³/mol. The van der Waals surface area contributed by atoms with E-state index in [9.17, 15) is 4.79 Å². The zero-order chi connectivity index (χ0) is 18.6. The van der Waals surface area contributed by atoms with Gasteiger partial charge in [-0.1, -0.05) is 29.8 Å². The van der Waals surface area contributed by atoms with E-state index in [0.717, 1.165) is 22.2 Å². The highest BCUT2D eigenvalue weighted by molar-refractivity contribution is 6.31. The molecule has 0 radical (unpaired) electrons. The smallest absolute Gasteiger partial charge is 0.255 e. The highest BCUT2D eigenvalue weighted by Gasteiger charge is 2.09. The number of amides is 1. The van der Waals surface area contributed by atoms with Crippen LogP contribution in [0.25, 0.3) is 10.8 Å². The molecule has 0 aliphatic heterocycles. The van der Waals surface area contributed by atoms with Crippen molar-refractivity contribution in [2.75, 3.05) is 5.32 Å². The van der Waals surface area contributed by atoms with Crippen LogP contribution in [0.4, 0.5) is 5.69 Å². The summed E-state index contributed by atoms with van der Waals surface area (Å²) in [4.78, 5) is 16.5. The lowest BCUT2D eigenvalue weighted by Crippen LogP contribution is -2.12. The minimum absolute atomic E-state index is 0.206. The van der Waals surface area contributed by atoms with Crippen LogP contribution in [0.5, 0.6) is 11.5 Å². The van der Waals surface area contributed by atoms with E-state index in [2.05, 4.69) is 10.3 Å². The number of hydrogen-bond donors (Lipinski definition) is 1. The van der Waals surface area contributed by atoms with Gasteiger partial charge < -0.3 is 10.1 Å². The number of nitrogens with zero attached hydrogens (tertiary/aromatic N) is 1. The van der Waals surface area contributed by atoms with Gasteiger partial charge in [0.15, 0.2) is 0 Å². The van der Waals surface area contributed by atoms with Gasteiger partial charge in [-0.3, -0.25) is 9.78 Å². The van der Waals surface area contributed by atoms with Crippen molar-refractivity contribution in [3.05, 3.63) is 95.8 Å². The van der Waals surface area contributed by atoms with Crippen molar-refractivity contribution in [3.63, 3.8) is 0 Å². The van der Waals surface area contributed by atoms with Crippen LogP contribution in [0.2, 0.25) is 5.02 Å². The van der Waals surface area contributed by atoms with Gasteiger partial charge in [-0.05, 0) is 60.0 Å². The molecule has 1 N–H and O–H groups in total. The molecule has 1 heterocycles. The maximum Gasteiger partial charge on any atom is 0.255 e. The van der Waals surface area contributed by atoms with E-state index in [1.165, 1.54) is 0 Å². The van der Waals surface area contributed by atoms with Gasteiger partial charge in [0.05, 0.1) is 0 Å². The Balaban J connectivity index is 1.61. The maximum absolute atomic E-state index is 12.5. The summed E-state index contributed by atoms with van der Waals surface area (Å²) in [6.07, 6.45) is 3.36. The molecule has 27 heavy (non-hydrogen) atoms. The summed E-state index contributed by atoms with van der Waals surface area (Å²) in [7, 11) is 0. The summed E-state index contributed by atoms with van der Waals surface area (Å²) < 4.78 is 5.85. The molecule has 0 atom stereocenters. The Labute approximate surface area is 161 Å². The molecule has 0 unspecified atom stereocenters. The number of aromatic nitrogens is 1. The van der Waals surface area contributed by atoms with Crippen LogP contribution in [-0.2, 0) is 0 Å². The lowest BCUT2D eigenvalue weighted by atomic mass is 10.1. The average Bonchev–Trinajstić information content (AvgIpc) is 2.69. The summed E-state index contributed by atoms with van der Waals surface area (Å²) in [6.45, 7) is 0. The molecule has 3 aromatic carbocycles. The van der Waals surface area contributed by atoms with Crippen molar-refractivity contribution in [1.29, 1.82) is 0 Å². The first-order valence-corrected chi connectivity index (χ1v) is 8.74. The van der Waals surface area contributed by atoms with E-state index >= 15 is 0 Å². The molecule has 4 aromatic rings. The van der Waals surface area contributed by atoms with E-state index in [0.29, 0.717) is 16.3 Å². The topological polar surface area (TPSA) is 51.2 Å². The van der Waals surface area contributed by atoms with Crippen LogP contribution in [0.3, 0.4) is 0 Å². The number of benzene rings is 3. The van der Waals surface area contributed by atoms with E-state index in [1.54, 1.807) is 48.8 Å². The van der Waals surface area contributed by atoms with Crippen molar-refractivity contribution < 1.29 is 9.53 Å². The average molecular weight is 375 g/mol. The molecule has 1 amide bonds. The number of anilines is 1. The summed E-state index contributed by atoms with van der Waals surface area (Å²) in [5.41, 5.74) is 1.24. The largest absolute Gasteiger partial charge is 0.457 e. The van der Waals surface area contributed by atoms with Gasteiger partial charge in [-0.25, -0.2) is 0 Å². The minimum atomic E-state index is -0.206. The fraction of sp³-hybridized carbons (Fsp3) is 0. The van der Waals surface area contributed by atoms with Crippen LogP contribution in [0.1, 0.15) is 10.4 Å². The van der Waals surface area contributed by atoms with Crippen molar-refractivity contribution in [3.8, 4) is 11.5 Å². The molecule has 0 bridgehead atoms. The lowest BCUT2D eigenvalue weighted by molar-refractivity contribution is 0.102. The Bertz CT molecular complexity index is 1110. The molecule has 4 nitrogen and oxygen atoms in total. The molecule has 0 aliphatic carbocycles. The van der Waals surface area contributed by atoms with Gasteiger partial charge in [-0.2, -0.15) is 0 Å². The molecule has 0 aliphatic rings. The van der Waals surface area contributed by atoms with Gasteiger partial charge >= 0.3 is 0 Å². The third-order valence-electron chi connectivity index (χ3n) is 4.07. The predicted octanol–water partition coefficient (Wildman–Crippen LogP) is 5.93. The van der Waals surface area contributed by atoms with E-state index in [1.807, 2.05) is 36.4 Å². The molecule has 0 spiro atoms. The van der Waals surface area contributed by atoms with Crippen molar-refractivity contribution in [2.24, 2.45) is 0 Å². The maximum atomic E-state index is 12.5. The first-order valence-electron chi connectivity index (χ1n) is 8.37. The van der Waals surface area contributed by atoms with Crippen molar-refractivity contribution in [1.82, 2.24) is 4.98 Å². The van der Waals surface area contributed by atoms with E-state index in [-0.39, 0.29) is 5.91 Å². The van der Waals surface area contributed by atoms with Crippen molar-refractivity contribution >= 4 is 34.0 Å². The van der Waals surface area contributed by atoms with Crippen LogP contribution < -0.4 is 10.1 Å². The van der Waals surface area contributed by atoms with E-state index in [4.69, 9.17) is 16.3 Å². The number of ether oxygens (including phenoxy) is 1. The molecule has 0 saturated carbocycles. The van der Waals surface area contributed by atoms with Gasteiger partial charge in [0, 0.05) is 34.1 Å². The summed E-state index contributed by atoms with van der Waals surface area (Å²) in [6, 6.07) is 21.9. The van der Waals surface area contributed by atoms with Crippen LogP contribution in [-0.4, -0.2) is 10.9 Å². The monoisotopic (exact) mass is 374 g/mol. The number of hydrogen-bond acceptors (Lipinski definition) is 3. The fourth-order valence-electron chi connectivity index (χ4n) is 2.80. The zero-order valence-corrected chi connectivity index (χ0v) is 15.0. The Morgan fingerprint density at radius 3 is 2.52 bits per heavy atom. The second-order valence-electron chi connectivity index (χ2n) is 5.94. The molecular formula is C22H15ClN2O2. The standard InChI is InChI=1S/C22H15ClN2O2/c23-17-5-1-4-16(13-17)22(26)25-21-6-2-3-15-14-19(7-8-20(15)21)27-18-9-11-24-12-10-18/h1-14H,(H,25,26).